The molecule has 0 fully saturated rings. The lowest BCUT2D eigenvalue weighted by atomic mass is 9.91. The number of allylic oxidation sites excluding steroid dienone is 4. The second kappa shape index (κ2) is 11.5. The molecule has 0 aliphatic carbocycles. The first-order valence-electron chi connectivity index (χ1n) is 8.12. The highest BCUT2D eigenvalue weighted by atomic mass is 16.1. The third-order valence-corrected chi connectivity index (χ3v) is 3.92. The van der Waals surface area contributed by atoms with Gasteiger partial charge < -0.3 is 9.59 Å². The molecule has 0 radical (unpaired) electrons. The summed E-state index contributed by atoms with van der Waals surface area (Å²) >= 11 is 0. The molecule has 0 bridgehead atoms. The summed E-state index contributed by atoms with van der Waals surface area (Å²) in [5.41, 5.74) is 2.73. The predicted molar refractivity (Wildman–Crippen MR) is 90.3 cm³/mol. The summed E-state index contributed by atoms with van der Waals surface area (Å²) < 4.78 is 0. The highest BCUT2D eigenvalue weighted by molar-refractivity contribution is 5.75. The second-order valence-electron chi connectivity index (χ2n) is 6.46. The zero-order chi connectivity index (χ0) is 16.3. The molecular formula is C19H32O2. The number of Topliss-reactive ketones (excluding diaryl/α,β-unsaturated/α-hetero) is 1. The lowest BCUT2D eigenvalue weighted by Crippen LogP contribution is -2.09. The Bertz CT molecular complexity index is 375. The minimum absolute atomic E-state index is 0.182. The highest BCUT2D eigenvalue weighted by Crippen LogP contribution is 2.18. The molecule has 0 N–H and O–H groups in total. The van der Waals surface area contributed by atoms with Crippen LogP contribution in [0.25, 0.3) is 0 Å². The zero-order valence-electron chi connectivity index (χ0n) is 14.4. The molecular weight excluding hydrogens is 260 g/mol. The van der Waals surface area contributed by atoms with Crippen molar-refractivity contribution in [2.24, 2.45) is 11.8 Å². The molecule has 2 nitrogen and oxygen atoms in total. The molecule has 0 saturated heterocycles. The summed E-state index contributed by atoms with van der Waals surface area (Å²) in [6, 6.07) is 0. The van der Waals surface area contributed by atoms with E-state index < -0.39 is 0 Å². The van der Waals surface area contributed by atoms with E-state index in [4.69, 9.17) is 0 Å². The Hall–Kier alpha value is -1.18. The molecule has 0 saturated carbocycles. The number of ketones is 1. The van der Waals surface area contributed by atoms with Gasteiger partial charge in [0.05, 0.1) is 0 Å². The first-order chi connectivity index (χ1) is 9.86. The molecule has 0 aromatic rings. The number of hydrogen-bond acceptors (Lipinski definition) is 2. The highest BCUT2D eigenvalue weighted by Gasteiger charge is 2.11. The molecule has 0 unspecified atom stereocenters. The fraction of sp³-hybridized carbons (Fsp3) is 0.684. The van der Waals surface area contributed by atoms with Crippen LogP contribution >= 0.6 is 0 Å². The van der Waals surface area contributed by atoms with Gasteiger partial charge in [0.15, 0.2) is 0 Å². The van der Waals surface area contributed by atoms with Crippen LogP contribution in [0.4, 0.5) is 0 Å². The Kier molecular flexibility index (Phi) is 10.8. The van der Waals surface area contributed by atoms with Crippen molar-refractivity contribution in [2.45, 2.75) is 73.1 Å². The fourth-order valence-electron chi connectivity index (χ4n) is 2.23. The molecule has 0 aromatic carbocycles. The largest absolute Gasteiger partial charge is 0.303 e. The van der Waals surface area contributed by atoms with Gasteiger partial charge in [-0.2, -0.15) is 0 Å². The zero-order valence-corrected chi connectivity index (χ0v) is 14.4. The lowest BCUT2D eigenvalue weighted by molar-refractivity contribution is -0.117. The molecule has 0 aliphatic rings. The van der Waals surface area contributed by atoms with Gasteiger partial charge >= 0.3 is 0 Å². The number of carbonyl (C=O) groups is 2. The van der Waals surface area contributed by atoms with E-state index in [9.17, 15) is 9.59 Å². The summed E-state index contributed by atoms with van der Waals surface area (Å²) in [5, 5.41) is 0. The average Bonchev–Trinajstić information content (AvgIpc) is 2.38. The Morgan fingerprint density at radius 2 is 1.43 bits per heavy atom. The molecule has 0 amide bonds. The lowest BCUT2D eigenvalue weighted by Gasteiger charge is -2.13. The van der Waals surface area contributed by atoms with Crippen molar-refractivity contribution in [2.75, 3.05) is 0 Å². The maximum absolute atomic E-state index is 11.0. The summed E-state index contributed by atoms with van der Waals surface area (Å²) in [4.78, 5) is 21.8. The third kappa shape index (κ3) is 11.2. The maximum Gasteiger partial charge on any atom is 0.130 e. The maximum atomic E-state index is 11.0. The molecule has 21 heavy (non-hydrogen) atoms. The van der Waals surface area contributed by atoms with E-state index in [2.05, 4.69) is 39.8 Å². The van der Waals surface area contributed by atoms with Gasteiger partial charge in [0, 0.05) is 12.3 Å². The Balaban J connectivity index is 4.01. The van der Waals surface area contributed by atoms with Crippen molar-refractivity contribution >= 4 is 12.1 Å². The van der Waals surface area contributed by atoms with Crippen molar-refractivity contribution in [3.05, 3.63) is 23.3 Å². The molecule has 0 rings (SSSR count). The number of rotatable bonds is 11. The number of carbonyl (C=O) groups excluding carboxylic acids is 2. The number of hydrogen-bond donors (Lipinski definition) is 0. The van der Waals surface area contributed by atoms with Crippen LogP contribution < -0.4 is 0 Å². The first-order valence-corrected chi connectivity index (χ1v) is 8.12. The minimum Gasteiger partial charge on any atom is -0.303 e. The van der Waals surface area contributed by atoms with E-state index in [0.29, 0.717) is 12.3 Å². The topological polar surface area (TPSA) is 34.1 Å². The van der Waals surface area contributed by atoms with Crippen LogP contribution in [0.1, 0.15) is 73.1 Å². The standard InChI is InChI=1S/C19H32O2/c1-15(2)19(14-20)13-12-17(4)9-6-8-16(3)10-7-11-18(5)21/h9-10,14-15,19H,6-8,11-13H2,1-5H3/b16-10+,17-9+/t19-/m1/s1. The third-order valence-electron chi connectivity index (χ3n) is 3.92. The SMILES string of the molecule is CC(=O)CC/C=C(\C)CC/C=C(\C)CC[C@H](C=O)C(C)C. The summed E-state index contributed by atoms with van der Waals surface area (Å²) in [5.74, 6) is 0.869. The van der Waals surface area contributed by atoms with Crippen LogP contribution in [0.2, 0.25) is 0 Å². The summed E-state index contributed by atoms with van der Waals surface area (Å²) in [6.07, 6.45) is 11.1. The molecule has 0 aromatic heterocycles. The summed E-state index contributed by atoms with van der Waals surface area (Å²) in [6.45, 7) is 10.1. The van der Waals surface area contributed by atoms with E-state index in [1.54, 1.807) is 6.92 Å². The minimum atomic E-state index is 0.182. The van der Waals surface area contributed by atoms with Gasteiger partial charge in [-0.15, -0.1) is 0 Å². The van der Waals surface area contributed by atoms with Gasteiger partial charge in [-0.3, -0.25) is 0 Å². The normalized spacial score (nSPS) is 14.4. The fourth-order valence-corrected chi connectivity index (χ4v) is 2.23. The van der Waals surface area contributed by atoms with Crippen LogP contribution in [-0.4, -0.2) is 12.1 Å². The Morgan fingerprint density at radius 1 is 0.905 bits per heavy atom. The van der Waals surface area contributed by atoms with Crippen LogP contribution in [0, 0.1) is 11.8 Å². The van der Waals surface area contributed by atoms with Crippen molar-refractivity contribution in [1.82, 2.24) is 0 Å². The van der Waals surface area contributed by atoms with Gasteiger partial charge in [0.25, 0.3) is 0 Å². The van der Waals surface area contributed by atoms with E-state index in [1.807, 2.05) is 0 Å². The quantitative estimate of drug-likeness (QED) is 0.383. The van der Waals surface area contributed by atoms with Gasteiger partial charge in [0.2, 0.25) is 0 Å². The van der Waals surface area contributed by atoms with E-state index in [1.165, 1.54) is 11.1 Å². The monoisotopic (exact) mass is 292 g/mol. The molecule has 0 aliphatic heterocycles. The van der Waals surface area contributed by atoms with Crippen molar-refractivity contribution in [1.29, 1.82) is 0 Å². The molecule has 0 heterocycles. The summed E-state index contributed by atoms with van der Waals surface area (Å²) in [7, 11) is 0. The second-order valence-corrected chi connectivity index (χ2v) is 6.46. The van der Waals surface area contributed by atoms with Crippen molar-refractivity contribution in [3.63, 3.8) is 0 Å². The van der Waals surface area contributed by atoms with Crippen molar-refractivity contribution in [3.8, 4) is 0 Å². The van der Waals surface area contributed by atoms with Crippen LogP contribution in [0.3, 0.4) is 0 Å². The molecule has 0 spiro atoms. The number of aldehydes is 1. The van der Waals surface area contributed by atoms with Gasteiger partial charge in [-0.05, 0) is 58.8 Å². The van der Waals surface area contributed by atoms with E-state index in [0.717, 1.165) is 38.4 Å². The molecule has 120 valence electrons. The Labute approximate surface area is 130 Å². The molecule has 2 heteroatoms. The Morgan fingerprint density at radius 3 is 1.90 bits per heavy atom. The van der Waals surface area contributed by atoms with Crippen LogP contribution in [0.5, 0.6) is 0 Å². The smallest absolute Gasteiger partial charge is 0.130 e. The first kappa shape index (κ1) is 19.8. The van der Waals surface area contributed by atoms with E-state index in [-0.39, 0.29) is 11.7 Å². The molecule has 1 atom stereocenters. The predicted octanol–water partition coefficient (Wildman–Crippen LogP) is 5.28. The van der Waals surface area contributed by atoms with Crippen LogP contribution in [0.15, 0.2) is 23.3 Å². The van der Waals surface area contributed by atoms with Gasteiger partial charge in [-0.1, -0.05) is 37.1 Å². The van der Waals surface area contributed by atoms with Crippen LogP contribution in [-0.2, 0) is 9.59 Å². The van der Waals surface area contributed by atoms with Gasteiger partial charge in [0.1, 0.15) is 12.1 Å². The van der Waals surface area contributed by atoms with E-state index >= 15 is 0 Å². The van der Waals surface area contributed by atoms with Crippen molar-refractivity contribution < 1.29 is 9.59 Å². The van der Waals surface area contributed by atoms with Gasteiger partial charge in [-0.25, -0.2) is 0 Å². The average molecular weight is 292 g/mol.